The number of carbonyl (C=O) groups is 2. The largest absolute Gasteiger partial charge is 0.286 e. The Morgan fingerprint density at radius 2 is 1.41 bits per heavy atom. The maximum absolute atomic E-state index is 12.4. The minimum atomic E-state index is -0.514. The molecule has 0 aliphatic rings. The van der Waals surface area contributed by atoms with Crippen molar-refractivity contribution in [1.82, 2.24) is 0 Å². The molecule has 0 heterocycles. The van der Waals surface area contributed by atoms with Crippen LogP contribution in [0.5, 0.6) is 0 Å². The van der Waals surface area contributed by atoms with Crippen LogP contribution in [-0.2, 0) is 4.79 Å². The molecule has 3 rings (SSSR count). The Bertz CT molecular complexity index is 856. The molecule has 0 atom stereocenters. The molecule has 0 aliphatic heterocycles. The Morgan fingerprint density at radius 3 is 2.23 bits per heavy atom. The zero-order valence-electron chi connectivity index (χ0n) is 11.9. The van der Waals surface area contributed by atoms with Gasteiger partial charge in [-0.1, -0.05) is 78.9 Å². The van der Waals surface area contributed by atoms with Gasteiger partial charge >= 0.3 is 0 Å². The monoisotopic (exact) mass is 286 g/mol. The number of ketones is 2. The van der Waals surface area contributed by atoms with Crippen LogP contribution in [0.3, 0.4) is 0 Å². The van der Waals surface area contributed by atoms with Gasteiger partial charge in [-0.05, 0) is 22.4 Å². The van der Waals surface area contributed by atoms with E-state index in [2.05, 4.69) is 0 Å². The molecule has 0 fully saturated rings. The quantitative estimate of drug-likeness (QED) is 0.407. The molecule has 2 nitrogen and oxygen atoms in total. The summed E-state index contributed by atoms with van der Waals surface area (Å²) < 4.78 is 0. The van der Waals surface area contributed by atoms with E-state index >= 15 is 0 Å². The van der Waals surface area contributed by atoms with E-state index in [9.17, 15) is 9.59 Å². The highest BCUT2D eigenvalue weighted by Crippen LogP contribution is 2.19. The number of benzene rings is 3. The van der Waals surface area contributed by atoms with Gasteiger partial charge in [-0.2, -0.15) is 0 Å². The predicted octanol–water partition coefficient (Wildman–Crippen LogP) is 4.31. The molecular formula is C20H14O2. The predicted molar refractivity (Wildman–Crippen MR) is 88.8 cm³/mol. The Labute approximate surface area is 128 Å². The zero-order valence-corrected chi connectivity index (χ0v) is 11.9. The highest BCUT2D eigenvalue weighted by Gasteiger charge is 2.15. The van der Waals surface area contributed by atoms with Gasteiger partial charge < -0.3 is 0 Å². The van der Waals surface area contributed by atoms with Crippen LogP contribution in [0.1, 0.15) is 15.9 Å². The van der Waals surface area contributed by atoms with Crippen LogP contribution in [0.15, 0.2) is 78.9 Å². The second-order valence-electron chi connectivity index (χ2n) is 4.96. The van der Waals surface area contributed by atoms with Crippen LogP contribution in [-0.4, -0.2) is 11.6 Å². The molecular weight excluding hydrogens is 272 g/mol. The average Bonchev–Trinajstić information content (AvgIpc) is 2.59. The lowest BCUT2D eigenvalue weighted by atomic mass is 9.99. The number of hydrogen-bond acceptors (Lipinski definition) is 2. The third-order valence-corrected chi connectivity index (χ3v) is 3.48. The average molecular weight is 286 g/mol. The van der Waals surface area contributed by atoms with E-state index in [0.717, 1.165) is 16.3 Å². The van der Waals surface area contributed by atoms with Crippen LogP contribution in [0.2, 0.25) is 0 Å². The smallest absolute Gasteiger partial charge is 0.233 e. The van der Waals surface area contributed by atoms with Crippen LogP contribution in [0.4, 0.5) is 0 Å². The minimum Gasteiger partial charge on any atom is -0.286 e. The first-order valence-electron chi connectivity index (χ1n) is 7.05. The highest BCUT2D eigenvalue weighted by atomic mass is 16.2. The van der Waals surface area contributed by atoms with Crippen molar-refractivity contribution in [2.24, 2.45) is 0 Å². The van der Waals surface area contributed by atoms with Gasteiger partial charge in [0, 0.05) is 5.56 Å². The van der Waals surface area contributed by atoms with Gasteiger partial charge in [0.2, 0.25) is 11.6 Å². The van der Waals surface area contributed by atoms with Crippen LogP contribution in [0, 0.1) is 0 Å². The summed E-state index contributed by atoms with van der Waals surface area (Å²) in [6.07, 6.45) is 2.99. The molecule has 0 aromatic heterocycles. The summed E-state index contributed by atoms with van der Waals surface area (Å²) in [6, 6.07) is 22.4. The lowest BCUT2D eigenvalue weighted by Gasteiger charge is -2.03. The Balaban J connectivity index is 1.90. The van der Waals surface area contributed by atoms with Crippen molar-refractivity contribution >= 4 is 28.4 Å². The van der Waals surface area contributed by atoms with Crippen molar-refractivity contribution in [1.29, 1.82) is 0 Å². The summed E-state index contributed by atoms with van der Waals surface area (Å²) in [4.78, 5) is 24.5. The third-order valence-electron chi connectivity index (χ3n) is 3.48. The fourth-order valence-corrected chi connectivity index (χ4v) is 2.37. The molecule has 0 saturated heterocycles. The summed E-state index contributed by atoms with van der Waals surface area (Å²) in [5.41, 5.74) is 1.34. The normalized spacial score (nSPS) is 10.9. The van der Waals surface area contributed by atoms with Crippen molar-refractivity contribution in [2.45, 2.75) is 0 Å². The second kappa shape index (κ2) is 6.19. The number of hydrogen-bond donors (Lipinski definition) is 0. The molecule has 3 aromatic carbocycles. The van der Waals surface area contributed by atoms with Gasteiger partial charge in [-0.3, -0.25) is 9.59 Å². The minimum absolute atomic E-state index is 0.445. The third kappa shape index (κ3) is 2.86. The number of rotatable bonds is 4. The number of Topliss-reactive ketones (excluding diaryl/α,β-unsaturated/α-hetero) is 1. The molecule has 106 valence electrons. The maximum Gasteiger partial charge on any atom is 0.233 e. The molecule has 0 amide bonds. The molecule has 2 heteroatoms. The first kappa shape index (κ1) is 14.0. The van der Waals surface area contributed by atoms with Crippen LogP contribution in [0.25, 0.3) is 16.8 Å². The van der Waals surface area contributed by atoms with Gasteiger partial charge in [0.15, 0.2) is 0 Å². The molecule has 0 N–H and O–H groups in total. The maximum atomic E-state index is 12.4. The Hall–Kier alpha value is -3.00. The number of allylic oxidation sites excluding steroid dienone is 1. The fraction of sp³-hybridized carbons (Fsp3) is 0. The lowest BCUT2D eigenvalue weighted by Crippen LogP contribution is -2.11. The molecule has 22 heavy (non-hydrogen) atoms. The Morgan fingerprint density at radius 1 is 0.727 bits per heavy atom. The summed E-state index contributed by atoms with van der Waals surface area (Å²) in [7, 11) is 0. The summed E-state index contributed by atoms with van der Waals surface area (Å²) in [5, 5.41) is 1.75. The first-order valence-corrected chi connectivity index (χ1v) is 7.05. The van der Waals surface area contributed by atoms with Gasteiger partial charge in [0.25, 0.3) is 0 Å². The molecule has 3 aromatic rings. The van der Waals surface area contributed by atoms with Crippen molar-refractivity contribution in [2.75, 3.05) is 0 Å². The zero-order chi connectivity index (χ0) is 15.4. The van der Waals surface area contributed by atoms with E-state index in [1.165, 1.54) is 6.08 Å². The van der Waals surface area contributed by atoms with Gasteiger partial charge in [0.05, 0.1) is 0 Å². The first-order chi connectivity index (χ1) is 10.8. The van der Waals surface area contributed by atoms with E-state index in [1.54, 1.807) is 18.2 Å². The number of carbonyl (C=O) groups excluding carboxylic acids is 2. The molecule has 0 spiro atoms. The molecule has 0 radical (unpaired) electrons. The summed E-state index contributed by atoms with van der Waals surface area (Å²) in [6.45, 7) is 0. The van der Waals surface area contributed by atoms with Crippen LogP contribution >= 0.6 is 0 Å². The van der Waals surface area contributed by atoms with Gasteiger partial charge in [0.1, 0.15) is 0 Å². The molecule has 0 unspecified atom stereocenters. The van der Waals surface area contributed by atoms with Gasteiger partial charge in [-0.25, -0.2) is 0 Å². The Kier molecular flexibility index (Phi) is 3.92. The summed E-state index contributed by atoms with van der Waals surface area (Å²) >= 11 is 0. The molecule has 0 bridgehead atoms. The standard InChI is InChI=1S/C20H14O2/c21-19(14-13-15-7-2-1-3-8-15)20(22)18-12-6-10-16-9-4-5-11-17(16)18/h1-14H. The topological polar surface area (TPSA) is 34.1 Å². The van der Waals surface area contributed by atoms with Crippen molar-refractivity contribution in [3.8, 4) is 0 Å². The van der Waals surface area contributed by atoms with E-state index in [-0.39, 0.29) is 0 Å². The SMILES string of the molecule is O=C(C=Cc1ccccc1)C(=O)c1cccc2ccccc12. The highest BCUT2D eigenvalue weighted by molar-refractivity contribution is 6.49. The van der Waals surface area contributed by atoms with Crippen LogP contribution < -0.4 is 0 Å². The summed E-state index contributed by atoms with van der Waals surface area (Å²) in [5.74, 6) is -0.996. The fourth-order valence-electron chi connectivity index (χ4n) is 2.37. The second-order valence-corrected chi connectivity index (χ2v) is 4.96. The number of fused-ring (bicyclic) bond motifs is 1. The molecule has 0 aliphatic carbocycles. The van der Waals surface area contributed by atoms with E-state index in [0.29, 0.717) is 5.56 Å². The lowest BCUT2D eigenvalue weighted by molar-refractivity contribution is -0.110. The van der Waals surface area contributed by atoms with Crippen molar-refractivity contribution in [3.05, 3.63) is 90.0 Å². The van der Waals surface area contributed by atoms with E-state index in [1.807, 2.05) is 60.7 Å². The van der Waals surface area contributed by atoms with Crippen molar-refractivity contribution in [3.63, 3.8) is 0 Å². The van der Waals surface area contributed by atoms with Gasteiger partial charge in [-0.15, -0.1) is 0 Å². The molecule has 0 saturated carbocycles. The van der Waals surface area contributed by atoms with E-state index in [4.69, 9.17) is 0 Å². The van der Waals surface area contributed by atoms with E-state index < -0.39 is 11.6 Å². The van der Waals surface area contributed by atoms with Crippen molar-refractivity contribution < 1.29 is 9.59 Å².